The molecule has 0 bridgehead atoms. The van der Waals surface area contributed by atoms with Crippen molar-refractivity contribution in [2.75, 3.05) is 26.1 Å². The molecular weight excluding hydrogens is 202 g/mol. The standard InChI is InChI=1S/C9H17NO3S/c1-9(10,8(11)12-2)3-4-14-7-5-13-6-7/h7H,3-6,10H2,1-2H3. The lowest BCUT2D eigenvalue weighted by Gasteiger charge is -2.27. The summed E-state index contributed by atoms with van der Waals surface area (Å²) in [5, 5.41) is 0.587. The first-order valence-corrected chi connectivity index (χ1v) is 5.68. The number of esters is 1. The molecule has 1 rings (SSSR count). The fraction of sp³-hybridized carbons (Fsp3) is 0.889. The van der Waals surface area contributed by atoms with Crippen LogP contribution in [0.5, 0.6) is 0 Å². The zero-order valence-electron chi connectivity index (χ0n) is 8.62. The molecule has 1 aliphatic heterocycles. The summed E-state index contributed by atoms with van der Waals surface area (Å²) < 4.78 is 9.66. The maximum Gasteiger partial charge on any atom is 0.325 e. The van der Waals surface area contributed by atoms with E-state index < -0.39 is 5.54 Å². The van der Waals surface area contributed by atoms with Crippen LogP contribution in [-0.4, -0.2) is 42.8 Å². The van der Waals surface area contributed by atoms with Crippen molar-refractivity contribution in [1.82, 2.24) is 0 Å². The Kier molecular flexibility index (Phi) is 4.22. The van der Waals surface area contributed by atoms with Gasteiger partial charge in [0, 0.05) is 0 Å². The summed E-state index contributed by atoms with van der Waals surface area (Å²) in [6.45, 7) is 3.35. The predicted octanol–water partition coefficient (Wildman–Crippen LogP) is 0.399. The molecule has 1 saturated heterocycles. The smallest absolute Gasteiger partial charge is 0.325 e. The Hall–Kier alpha value is -0.260. The molecule has 1 unspecified atom stereocenters. The van der Waals surface area contributed by atoms with Crippen molar-refractivity contribution >= 4 is 17.7 Å². The highest BCUT2D eigenvalue weighted by atomic mass is 32.2. The summed E-state index contributed by atoms with van der Waals surface area (Å²) in [7, 11) is 1.36. The highest BCUT2D eigenvalue weighted by molar-refractivity contribution is 8.00. The zero-order chi connectivity index (χ0) is 10.6. The molecule has 0 aromatic rings. The van der Waals surface area contributed by atoms with Gasteiger partial charge in [0.1, 0.15) is 5.54 Å². The molecule has 1 aliphatic rings. The van der Waals surface area contributed by atoms with E-state index in [1.54, 1.807) is 18.7 Å². The number of hydrogen-bond acceptors (Lipinski definition) is 5. The SMILES string of the molecule is COC(=O)C(C)(N)CCSC1COC1. The van der Waals surface area contributed by atoms with Gasteiger partial charge in [-0.15, -0.1) is 0 Å². The number of carbonyl (C=O) groups is 1. The second-order valence-electron chi connectivity index (χ2n) is 3.69. The lowest BCUT2D eigenvalue weighted by Crippen LogP contribution is -2.46. The van der Waals surface area contributed by atoms with E-state index in [2.05, 4.69) is 4.74 Å². The van der Waals surface area contributed by atoms with Gasteiger partial charge in [0.05, 0.1) is 25.6 Å². The number of methoxy groups -OCH3 is 1. The Bertz CT molecular complexity index is 204. The second-order valence-corrected chi connectivity index (χ2v) is 5.10. The van der Waals surface area contributed by atoms with Crippen LogP contribution in [0.15, 0.2) is 0 Å². The highest BCUT2D eigenvalue weighted by Crippen LogP contribution is 2.22. The number of ether oxygens (including phenoxy) is 2. The average molecular weight is 219 g/mol. The average Bonchev–Trinajstić information content (AvgIpc) is 2.08. The number of rotatable bonds is 5. The summed E-state index contributed by atoms with van der Waals surface area (Å²) in [4.78, 5) is 11.2. The van der Waals surface area contributed by atoms with E-state index in [4.69, 9.17) is 10.5 Å². The van der Waals surface area contributed by atoms with E-state index in [1.165, 1.54) is 7.11 Å². The fourth-order valence-corrected chi connectivity index (χ4v) is 2.34. The molecule has 2 N–H and O–H groups in total. The summed E-state index contributed by atoms with van der Waals surface area (Å²) in [6, 6.07) is 0. The van der Waals surface area contributed by atoms with E-state index in [1.807, 2.05) is 0 Å². The van der Waals surface area contributed by atoms with Gasteiger partial charge in [-0.25, -0.2) is 0 Å². The van der Waals surface area contributed by atoms with Crippen molar-refractivity contribution in [2.24, 2.45) is 5.73 Å². The molecule has 4 nitrogen and oxygen atoms in total. The van der Waals surface area contributed by atoms with Crippen LogP contribution < -0.4 is 5.73 Å². The van der Waals surface area contributed by atoms with Crippen LogP contribution in [0.3, 0.4) is 0 Å². The Balaban J connectivity index is 2.17. The van der Waals surface area contributed by atoms with Crippen molar-refractivity contribution in [3.05, 3.63) is 0 Å². The van der Waals surface area contributed by atoms with E-state index >= 15 is 0 Å². The minimum absolute atomic E-state index is 0.344. The van der Waals surface area contributed by atoms with Crippen LogP contribution in [-0.2, 0) is 14.3 Å². The lowest BCUT2D eigenvalue weighted by molar-refractivity contribution is -0.146. The molecule has 1 heterocycles. The molecule has 0 amide bonds. The maximum absolute atomic E-state index is 11.2. The van der Waals surface area contributed by atoms with Crippen molar-refractivity contribution in [3.8, 4) is 0 Å². The quantitative estimate of drug-likeness (QED) is 0.678. The first-order chi connectivity index (χ1) is 6.56. The first kappa shape index (κ1) is 11.8. The van der Waals surface area contributed by atoms with E-state index in [0.29, 0.717) is 11.7 Å². The van der Waals surface area contributed by atoms with Gasteiger partial charge in [0.2, 0.25) is 0 Å². The second kappa shape index (κ2) is 5.00. The Morgan fingerprint density at radius 2 is 2.36 bits per heavy atom. The van der Waals surface area contributed by atoms with Gasteiger partial charge in [-0.05, 0) is 19.1 Å². The number of carbonyl (C=O) groups excluding carboxylic acids is 1. The van der Waals surface area contributed by atoms with Crippen LogP contribution in [0.4, 0.5) is 0 Å². The van der Waals surface area contributed by atoms with Crippen molar-refractivity contribution < 1.29 is 14.3 Å². The summed E-state index contributed by atoms with van der Waals surface area (Å²) in [5.74, 6) is 0.527. The zero-order valence-corrected chi connectivity index (χ0v) is 9.43. The number of hydrogen-bond donors (Lipinski definition) is 1. The monoisotopic (exact) mass is 219 g/mol. The molecule has 0 aliphatic carbocycles. The van der Waals surface area contributed by atoms with E-state index in [0.717, 1.165) is 19.0 Å². The Morgan fingerprint density at radius 1 is 1.71 bits per heavy atom. The van der Waals surface area contributed by atoms with Gasteiger partial charge in [-0.1, -0.05) is 0 Å². The van der Waals surface area contributed by atoms with Gasteiger partial charge in [0.15, 0.2) is 0 Å². The van der Waals surface area contributed by atoms with E-state index in [-0.39, 0.29) is 5.97 Å². The summed E-state index contributed by atoms with van der Waals surface area (Å²) >= 11 is 1.81. The fourth-order valence-electron chi connectivity index (χ4n) is 1.08. The van der Waals surface area contributed by atoms with Gasteiger partial charge < -0.3 is 15.2 Å². The molecule has 5 heteroatoms. The van der Waals surface area contributed by atoms with Crippen molar-refractivity contribution in [3.63, 3.8) is 0 Å². The van der Waals surface area contributed by atoms with Crippen molar-refractivity contribution in [1.29, 1.82) is 0 Å². The van der Waals surface area contributed by atoms with Gasteiger partial charge >= 0.3 is 5.97 Å². The largest absolute Gasteiger partial charge is 0.468 e. The summed E-state index contributed by atoms with van der Waals surface area (Å²) in [5.41, 5.74) is 4.94. The molecule has 0 aromatic carbocycles. The Labute approximate surface area is 88.5 Å². The minimum Gasteiger partial charge on any atom is -0.468 e. The van der Waals surface area contributed by atoms with E-state index in [9.17, 15) is 4.79 Å². The van der Waals surface area contributed by atoms with Crippen LogP contribution in [0, 0.1) is 0 Å². The molecule has 0 spiro atoms. The van der Waals surface area contributed by atoms with Crippen LogP contribution >= 0.6 is 11.8 Å². The van der Waals surface area contributed by atoms with Crippen LogP contribution in [0.2, 0.25) is 0 Å². The third kappa shape index (κ3) is 3.15. The number of thioether (sulfide) groups is 1. The lowest BCUT2D eigenvalue weighted by atomic mass is 10.0. The summed E-state index contributed by atoms with van der Waals surface area (Å²) in [6.07, 6.45) is 0.640. The Morgan fingerprint density at radius 3 is 2.79 bits per heavy atom. The predicted molar refractivity (Wildman–Crippen MR) is 56.3 cm³/mol. The normalized spacial score (nSPS) is 21.1. The molecule has 0 aromatic heterocycles. The molecule has 14 heavy (non-hydrogen) atoms. The molecule has 0 saturated carbocycles. The highest BCUT2D eigenvalue weighted by Gasteiger charge is 2.29. The first-order valence-electron chi connectivity index (χ1n) is 4.63. The molecule has 1 fully saturated rings. The maximum atomic E-state index is 11.2. The molecule has 82 valence electrons. The molecular formula is C9H17NO3S. The van der Waals surface area contributed by atoms with Gasteiger partial charge in [-0.3, -0.25) is 4.79 Å². The van der Waals surface area contributed by atoms with Crippen molar-refractivity contribution in [2.45, 2.75) is 24.1 Å². The molecule has 0 radical (unpaired) electrons. The third-order valence-electron chi connectivity index (χ3n) is 2.23. The number of nitrogens with two attached hydrogens (primary N) is 1. The minimum atomic E-state index is -0.855. The topological polar surface area (TPSA) is 61.5 Å². The van der Waals surface area contributed by atoms with Gasteiger partial charge in [0.25, 0.3) is 0 Å². The van der Waals surface area contributed by atoms with Gasteiger partial charge in [-0.2, -0.15) is 11.8 Å². The van der Waals surface area contributed by atoms with Crippen LogP contribution in [0.25, 0.3) is 0 Å². The molecule has 1 atom stereocenters. The van der Waals surface area contributed by atoms with Crippen LogP contribution in [0.1, 0.15) is 13.3 Å². The third-order valence-corrected chi connectivity index (χ3v) is 3.42.